The van der Waals surface area contributed by atoms with Crippen LogP contribution in [-0.2, 0) is 33.0 Å². The van der Waals surface area contributed by atoms with Crippen molar-refractivity contribution in [3.8, 4) is 34.4 Å². The zero-order valence-electron chi connectivity index (χ0n) is 43.3. The Morgan fingerprint density at radius 1 is 0.641 bits per heavy atom. The number of nitrogens with one attached hydrogen (secondary N) is 2. The molecule has 11 rings (SSSR count). The summed E-state index contributed by atoms with van der Waals surface area (Å²) in [6.07, 6.45) is 7.75. The van der Waals surface area contributed by atoms with Crippen LogP contribution in [0.5, 0.6) is 23.0 Å². The Balaban J connectivity index is 0.000000150. The number of halogens is 3. The molecule has 2 unspecified atom stereocenters. The molecule has 5 heterocycles. The smallest absolute Gasteiger partial charge is 0.457 e. The number of hydrogen-bond donors (Lipinski definition) is 4. The molecule has 20 nitrogen and oxygen atoms in total. The van der Waals surface area contributed by atoms with Crippen LogP contribution in [0.1, 0.15) is 87.2 Å². The fraction of sp³-hybridized carbons (Fsp3) is 0.296. The first-order valence-corrected chi connectivity index (χ1v) is 26.0. The van der Waals surface area contributed by atoms with Crippen LogP contribution in [0.4, 0.5) is 11.6 Å². The van der Waals surface area contributed by atoms with Crippen molar-refractivity contribution in [3.05, 3.63) is 124 Å². The van der Waals surface area contributed by atoms with E-state index in [2.05, 4.69) is 40.8 Å². The third-order valence-corrected chi connectivity index (χ3v) is 14.6. The highest BCUT2D eigenvalue weighted by Crippen LogP contribution is 2.38. The van der Waals surface area contributed by atoms with Gasteiger partial charge in [-0.2, -0.15) is 10.2 Å². The highest BCUT2D eigenvalue weighted by atomic mass is 35.5. The second kappa shape index (κ2) is 22.7. The molecule has 1 saturated heterocycles. The molecule has 2 aliphatic carbocycles. The standard InChI is InChI=1S/C24H21ClN6O3.C20H22BClN2O3.C10H11ClN4O2/c1-31-22-15(12-27-31)20(10-9-16(22)25)34-14-7-5-13(6-8-14)24-29-18(23(26)33)11-21(30-24)28-17-3-2-4-19(17)32;1-19(2)20(3,4)27-21(26-19)13-6-8-14(9-7-13)25-17-11-10-16(22)18-15(17)12-23-24(18)5;11-10-14-6(9(12)17)4-8(15-10)13-5-2-1-3-7(5)16/h5-12,17H,2-4H2,1H3,(H2,26,33)(H,28,29,30);6-12H,1-5H3;4-5H,1-3H2,(H2,12,17)(H,13,14,15). The molecule has 78 heavy (non-hydrogen) atoms. The Kier molecular flexibility index (Phi) is 16.0. The van der Waals surface area contributed by atoms with Crippen molar-refractivity contribution >= 4 is 104 Å². The molecular weight excluding hydrogens is 1060 g/mol. The van der Waals surface area contributed by atoms with Crippen molar-refractivity contribution in [2.24, 2.45) is 25.6 Å². The summed E-state index contributed by atoms with van der Waals surface area (Å²) in [5.41, 5.74) is 13.2. The number of rotatable bonds is 12. The number of amides is 2. The van der Waals surface area contributed by atoms with Gasteiger partial charge in [-0.15, -0.1) is 0 Å². The zero-order chi connectivity index (χ0) is 55.6. The van der Waals surface area contributed by atoms with E-state index in [4.69, 9.17) is 65.1 Å². The molecule has 1 aliphatic heterocycles. The van der Waals surface area contributed by atoms with E-state index in [-0.39, 0.29) is 58.6 Å². The maximum Gasteiger partial charge on any atom is 0.494 e. The number of aromatic nitrogens is 8. The lowest BCUT2D eigenvalue weighted by atomic mass is 9.79. The third kappa shape index (κ3) is 12.2. The second-order valence-corrected chi connectivity index (χ2v) is 20.9. The van der Waals surface area contributed by atoms with Crippen LogP contribution in [0, 0.1) is 0 Å². The first-order chi connectivity index (χ1) is 37.1. The number of nitrogens with zero attached hydrogens (tertiary/aromatic N) is 8. The quantitative estimate of drug-likeness (QED) is 0.0656. The molecule has 0 radical (unpaired) electrons. The normalized spacial score (nSPS) is 17.3. The minimum atomic E-state index is -0.685. The van der Waals surface area contributed by atoms with Gasteiger partial charge in [0.2, 0.25) is 5.28 Å². The van der Waals surface area contributed by atoms with E-state index < -0.39 is 11.8 Å². The largest absolute Gasteiger partial charge is 0.494 e. The molecule has 4 aromatic carbocycles. The van der Waals surface area contributed by atoms with E-state index in [0.717, 1.165) is 58.7 Å². The topological polar surface area (TPSA) is 268 Å². The minimum Gasteiger partial charge on any atom is -0.457 e. The Morgan fingerprint density at radius 3 is 1.54 bits per heavy atom. The maximum absolute atomic E-state index is 12.0. The SMILES string of the molecule is Cn1ncc2c(Oc3ccc(-c4nc(NC5CCCC5=O)cc(C(N)=O)n4)cc3)ccc(Cl)c21.Cn1ncc2c(Oc3ccc(B4OC(C)(C)C(C)(C)O4)cc3)ccc(Cl)c21.NC(=O)c1cc(NC2CCCC2=O)nc(Cl)n1. The van der Waals surface area contributed by atoms with E-state index in [1.54, 1.807) is 58.2 Å². The monoisotopic (exact) mass is 1110 g/mol. The van der Waals surface area contributed by atoms with Gasteiger partial charge in [0, 0.05) is 44.6 Å². The van der Waals surface area contributed by atoms with Crippen molar-refractivity contribution in [1.29, 1.82) is 0 Å². The fourth-order valence-corrected chi connectivity index (χ4v) is 9.66. The van der Waals surface area contributed by atoms with Crippen LogP contribution < -0.4 is 37.0 Å². The van der Waals surface area contributed by atoms with Gasteiger partial charge in [0.15, 0.2) is 17.4 Å². The molecule has 2 amide bonds. The van der Waals surface area contributed by atoms with Gasteiger partial charge >= 0.3 is 7.12 Å². The molecule has 8 aromatic rings. The van der Waals surface area contributed by atoms with Crippen LogP contribution in [0.25, 0.3) is 33.2 Å². The number of fused-ring (bicyclic) bond motifs is 2. The Morgan fingerprint density at radius 2 is 1.09 bits per heavy atom. The van der Waals surface area contributed by atoms with Gasteiger partial charge < -0.3 is 40.9 Å². The first kappa shape index (κ1) is 55.1. The lowest BCUT2D eigenvalue weighted by molar-refractivity contribution is -0.118. The first-order valence-electron chi connectivity index (χ1n) is 24.9. The van der Waals surface area contributed by atoms with E-state index in [1.807, 2.05) is 78.2 Å². The molecule has 6 N–H and O–H groups in total. The zero-order valence-corrected chi connectivity index (χ0v) is 45.6. The predicted molar refractivity (Wildman–Crippen MR) is 298 cm³/mol. The van der Waals surface area contributed by atoms with E-state index in [1.165, 1.54) is 12.1 Å². The summed E-state index contributed by atoms with van der Waals surface area (Å²) in [5.74, 6) is 2.62. The van der Waals surface area contributed by atoms with Crippen LogP contribution in [0.15, 0.2) is 97.3 Å². The van der Waals surface area contributed by atoms with Gasteiger partial charge in [0.1, 0.15) is 46.0 Å². The number of primary amides is 2. The summed E-state index contributed by atoms with van der Waals surface area (Å²) in [5, 5.41) is 17.4. The predicted octanol–water partition coefficient (Wildman–Crippen LogP) is 9.19. The van der Waals surface area contributed by atoms with Gasteiger partial charge in [-0.3, -0.25) is 28.5 Å². The van der Waals surface area contributed by atoms with Crippen LogP contribution >= 0.6 is 34.8 Å². The summed E-state index contributed by atoms with van der Waals surface area (Å²) in [4.78, 5) is 62.7. The highest BCUT2D eigenvalue weighted by Gasteiger charge is 2.51. The molecule has 0 spiro atoms. The molecule has 3 fully saturated rings. The van der Waals surface area contributed by atoms with Crippen LogP contribution in [-0.4, -0.2) is 93.3 Å². The summed E-state index contributed by atoms with van der Waals surface area (Å²) < 4.78 is 27.8. The summed E-state index contributed by atoms with van der Waals surface area (Å²) in [7, 11) is 3.29. The number of hydrogen-bond acceptors (Lipinski definition) is 16. The average Bonchev–Trinajstić information content (AvgIpc) is 4.26. The van der Waals surface area contributed by atoms with Gasteiger partial charge in [0.25, 0.3) is 11.8 Å². The Hall–Kier alpha value is -7.69. The molecule has 2 saturated carbocycles. The van der Waals surface area contributed by atoms with Crippen molar-refractivity contribution in [1.82, 2.24) is 39.5 Å². The van der Waals surface area contributed by atoms with Crippen LogP contribution in [0.3, 0.4) is 0 Å². The van der Waals surface area contributed by atoms with Gasteiger partial charge in [-0.25, -0.2) is 19.9 Å². The second-order valence-electron chi connectivity index (χ2n) is 19.7. The Labute approximate surface area is 463 Å². The summed E-state index contributed by atoms with van der Waals surface area (Å²) in [6.45, 7) is 8.18. The molecule has 3 aliphatic rings. The van der Waals surface area contributed by atoms with Crippen LogP contribution in [0.2, 0.25) is 15.3 Å². The lowest BCUT2D eigenvalue weighted by Crippen LogP contribution is -2.41. The van der Waals surface area contributed by atoms with Crippen molar-refractivity contribution in [3.63, 3.8) is 0 Å². The molecule has 4 aromatic heterocycles. The molecule has 24 heteroatoms. The number of aryl methyl sites for hydroxylation is 2. The average molecular weight is 1120 g/mol. The number of ketones is 2. The minimum absolute atomic E-state index is 0.0259. The van der Waals surface area contributed by atoms with Crippen molar-refractivity contribution in [2.45, 2.75) is 89.5 Å². The Bertz CT molecular complexity index is 3580. The molecular formula is C54H54BCl3N12O8. The highest BCUT2D eigenvalue weighted by molar-refractivity contribution is 6.62. The number of ether oxygens (including phenoxy) is 2. The number of benzene rings is 4. The number of nitrogens with two attached hydrogens (primary N) is 2. The summed E-state index contributed by atoms with van der Waals surface area (Å²) in [6, 6.07) is 24.4. The molecule has 2 atom stereocenters. The third-order valence-electron chi connectivity index (χ3n) is 13.8. The maximum atomic E-state index is 12.0. The van der Waals surface area contributed by atoms with Gasteiger partial charge in [0.05, 0.1) is 67.5 Å². The number of anilines is 2. The lowest BCUT2D eigenvalue weighted by Gasteiger charge is -2.32. The van der Waals surface area contributed by atoms with E-state index in [9.17, 15) is 19.2 Å². The summed E-state index contributed by atoms with van der Waals surface area (Å²) >= 11 is 18.2. The van der Waals surface area contributed by atoms with E-state index in [0.29, 0.717) is 63.2 Å². The van der Waals surface area contributed by atoms with Crippen molar-refractivity contribution in [2.75, 3.05) is 10.6 Å². The van der Waals surface area contributed by atoms with E-state index >= 15 is 0 Å². The molecule has 0 bridgehead atoms. The number of carbonyl (C=O) groups is 4. The molecule has 402 valence electrons. The van der Waals surface area contributed by atoms with Crippen molar-refractivity contribution < 1.29 is 38.0 Å². The fourth-order valence-electron chi connectivity index (χ4n) is 8.90. The van der Waals surface area contributed by atoms with Gasteiger partial charge in [-0.1, -0.05) is 35.3 Å². The number of Topliss-reactive ketones (excluding diaryl/α,β-unsaturated/α-hetero) is 2. The van der Waals surface area contributed by atoms with Gasteiger partial charge in [-0.05, 0) is 131 Å². The number of carbonyl (C=O) groups excluding carboxylic acids is 4.